The molecule has 0 bridgehead atoms. The minimum Gasteiger partial charge on any atom is -0.341 e. The number of fused-ring (bicyclic) bond motifs is 1. The number of aromatic amines is 1. The molecule has 1 aliphatic heterocycles. The Morgan fingerprint density at radius 1 is 1.23 bits per heavy atom. The molecule has 2 atom stereocenters. The van der Waals surface area contributed by atoms with Crippen molar-refractivity contribution < 1.29 is 17.6 Å². The highest BCUT2D eigenvalue weighted by Crippen LogP contribution is 2.37. The molecular formula is C22H24F4N4. The molecule has 0 spiro atoms. The first-order valence-corrected chi connectivity index (χ1v) is 10.0. The molecule has 160 valence electrons. The summed E-state index contributed by atoms with van der Waals surface area (Å²) in [4.78, 5) is 14.7. The Labute approximate surface area is 172 Å². The van der Waals surface area contributed by atoms with Crippen molar-refractivity contribution in [3.05, 3.63) is 58.4 Å². The maximum Gasteiger partial charge on any atom is 0.416 e. The van der Waals surface area contributed by atoms with E-state index >= 15 is 0 Å². The Morgan fingerprint density at radius 3 is 2.63 bits per heavy atom. The highest BCUT2D eigenvalue weighted by atomic mass is 19.4. The molecular weight excluding hydrogens is 396 g/mol. The van der Waals surface area contributed by atoms with E-state index in [4.69, 9.17) is 0 Å². The molecule has 1 N–H and O–H groups in total. The normalized spacial score (nSPS) is 20.8. The van der Waals surface area contributed by atoms with Gasteiger partial charge in [0.05, 0.1) is 23.3 Å². The summed E-state index contributed by atoms with van der Waals surface area (Å²) in [6, 6.07) is 2.89. The highest BCUT2D eigenvalue weighted by molar-refractivity contribution is 5.80. The zero-order chi connectivity index (χ0) is 21.6. The van der Waals surface area contributed by atoms with Crippen molar-refractivity contribution in [3.63, 3.8) is 0 Å². The number of halogens is 4. The summed E-state index contributed by atoms with van der Waals surface area (Å²) in [7, 11) is 0. The van der Waals surface area contributed by atoms with E-state index in [9.17, 15) is 17.6 Å². The van der Waals surface area contributed by atoms with E-state index in [0.717, 1.165) is 47.3 Å². The number of rotatable bonds is 3. The fourth-order valence-corrected chi connectivity index (χ4v) is 4.42. The fraction of sp³-hybridized carbons (Fsp3) is 0.455. The first-order chi connectivity index (χ1) is 14.1. The number of imidazole rings is 1. The maximum atomic E-state index is 14.4. The van der Waals surface area contributed by atoms with Crippen molar-refractivity contribution in [2.24, 2.45) is 5.92 Å². The predicted octanol–water partition coefficient (Wildman–Crippen LogP) is 5.36. The summed E-state index contributed by atoms with van der Waals surface area (Å²) in [6.45, 7) is 8.02. The molecule has 1 saturated heterocycles. The molecule has 4 rings (SSSR count). The van der Waals surface area contributed by atoms with Crippen LogP contribution in [0.4, 0.5) is 17.6 Å². The first-order valence-electron chi connectivity index (χ1n) is 10.0. The highest BCUT2D eigenvalue weighted by Gasteiger charge is 2.34. The number of nitrogens with one attached hydrogen (secondary N) is 1. The average Bonchev–Trinajstić information content (AvgIpc) is 3.10. The van der Waals surface area contributed by atoms with Gasteiger partial charge in [-0.25, -0.2) is 9.37 Å². The van der Waals surface area contributed by atoms with Gasteiger partial charge in [0.15, 0.2) is 0 Å². The van der Waals surface area contributed by atoms with Crippen LogP contribution in [0.25, 0.3) is 11.0 Å². The standard InChI is InChI=1S/C22H24F4N4/c1-12-9-27-14(3)21-20(12)28-19(29-21)11-30-7-6-16(13(2)10-30)17-5-4-15(8-18(17)23)22(24,25)26/h4-5,8-9,13,16H,6-7,10-11H2,1-3H3,(H,28,29)/t13-,16+/m0/s1. The van der Waals surface area contributed by atoms with Gasteiger partial charge in [0.25, 0.3) is 0 Å². The minimum atomic E-state index is -4.53. The second-order valence-electron chi connectivity index (χ2n) is 8.28. The van der Waals surface area contributed by atoms with Gasteiger partial charge in [-0.2, -0.15) is 13.2 Å². The number of piperidine rings is 1. The van der Waals surface area contributed by atoms with Crippen molar-refractivity contribution in [1.82, 2.24) is 19.9 Å². The lowest BCUT2D eigenvalue weighted by molar-refractivity contribution is -0.137. The van der Waals surface area contributed by atoms with Gasteiger partial charge >= 0.3 is 6.18 Å². The van der Waals surface area contributed by atoms with Crippen LogP contribution >= 0.6 is 0 Å². The molecule has 0 aliphatic carbocycles. The van der Waals surface area contributed by atoms with Gasteiger partial charge in [0.2, 0.25) is 0 Å². The Morgan fingerprint density at radius 2 is 2.00 bits per heavy atom. The van der Waals surface area contributed by atoms with Crippen LogP contribution in [0, 0.1) is 25.6 Å². The van der Waals surface area contributed by atoms with Crippen LogP contribution < -0.4 is 0 Å². The second-order valence-corrected chi connectivity index (χ2v) is 8.28. The average molecular weight is 420 g/mol. The zero-order valence-electron chi connectivity index (χ0n) is 17.1. The zero-order valence-corrected chi connectivity index (χ0v) is 17.1. The number of aromatic nitrogens is 3. The summed E-state index contributed by atoms with van der Waals surface area (Å²) in [5, 5.41) is 0. The smallest absolute Gasteiger partial charge is 0.341 e. The number of likely N-dealkylation sites (tertiary alicyclic amines) is 1. The molecule has 30 heavy (non-hydrogen) atoms. The predicted molar refractivity (Wildman–Crippen MR) is 107 cm³/mol. The Hall–Kier alpha value is -2.48. The molecule has 2 aromatic heterocycles. The first kappa shape index (κ1) is 20.8. The molecule has 0 amide bonds. The number of nitrogens with zero attached hydrogens (tertiary/aromatic N) is 3. The summed E-state index contributed by atoms with van der Waals surface area (Å²) < 4.78 is 52.9. The Bertz CT molecular complexity index is 1030. The van der Waals surface area contributed by atoms with E-state index in [1.165, 1.54) is 6.07 Å². The van der Waals surface area contributed by atoms with Crippen molar-refractivity contribution >= 4 is 11.0 Å². The van der Waals surface area contributed by atoms with Crippen molar-refractivity contribution in [2.45, 2.75) is 45.8 Å². The van der Waals surface area contributed by atoms with Crippen LogP contribution in [-0.2, 0) is 12.7 Å². The largest absolute Gasteiger partial charge is 0.416 e. The number of pyridine rings is 1. The maximum absolute atomic E-state index is 14.4. The number of alkyl halides is 3. The summed E-state index contributed by atoms with van der Waals surface area (Å²) in [6.07, 6.45) is -2.03. The van der Waals surface area contributed by atoms with Crippen LogP contribution in [0.15, 0.2) is 24.4 Å². The van der Waals surface area contributed by atoms with E-state index in [1.54, 1.807) is 0 Å². The monoisotopic (exact) mass is 420 g/mol. The second kappa shape index (κ2) is 7.65. The number of benzene rings is 1. The van der Waals surface area contributed by atoms with Gasteiger partial charge in [-0.05, 0) is 61.9 Å². The van der Waals surface area contributed by atoms with Gasteiger partial charge in [-0.1, -0.05) is 13.0 Å². The van der Waals surface area contributed by atoms with Crippen molar-refractivity contribution in [3.8, 4) is 0 Å². The Kier molecular flexibility index (Phi) is 5.30. The topological polar surface area (TPSA) is 44.8 Å². The van der Waals surface area contributed by atoms with Crippen LogP contribution in [0.3, 0.4) is 0 Å². The van der Waals surface area contributed by atoms with Gasteiger partial charge in [-0.3, -0.25) is 9.88 Å². The molecule has 1 aromatic carbocycles. The van der Waals surface area contributed by atoms with Gasteiger partial charge in [0.1, 0.15) is 17.2 Å². The van der Waals surface area contributed by atoms with Gasteiger partial charge in [0, 0.05) is 12.7 Å². The minimum absolute atomic E-state index is 0.104. The van der Waals surface area contributed by atoms with E-state index < -0.39 is 17.6 Å². The third-order valence-electron chi connectivity index (χ3n) is 6.03. The van der Waals surface area contributed by atoms with Crippen LogP contribution in [0.2, 0.25) is 0 Å². The lowest BCUT2D eigenvalue weighted by Gasteiger charge is -2.37. The summed E-state index contributed by atoms with van der Waals surface area (Å²) >= 11 is 0. The molecule has 4 nitrogen and oxygen atoms in total. The molecule has 0 unspecified atom stereocenters. The van der Waals surface area contributed by atoms with E-state index in [2.05, 4.69) is 19.9 Å². The molecule has 3 aromatic rings. The molecule has 1 fully saturated rings. The fourth-order valence-electron chi connectivity index (χ4n) is 4.42. The quantitative estimate of drug-likeness (QED) is 0.581. The molecule has 0 saturated carbocycles. The lowest BCUT2D eigenvalue weighted by atomic mass is 9.81. The summed E-state index contributed by atoms with van der Waals surface area (Å²) in [5.41, 5.74) is 3.21. The summed E-state index contributed by atoms with van der Waals surface area (Å²) in [5.74, 6) is 0.0915. The third kappa shape index (κ3) is 3.93. The van der Waals surface area contributed by atoms with Crippen LogP contribution in [-0.4, -0.2) is 32.9 Å². The van der Waals surface area contributed by atoms with E-state index in [0.29, 0.717) is 24.6 Å². The van der Waals surface area contributed by atoms with E-state index in [-0.39, 0.29) is 11.8 Å². The molecule has 0 radical (unpaired) electrons. The van der Waals surface area contributed by atoms with Crippen LogP contribution in [0.5, 0.6) is 0 Å². The van der Waals surface area contributed by atoms with Crippen molar-refractivity contribution in [2.75, 3.05) is 13.1 Å². The van der Waals surface area contributed by atoms with Crippen LogP contribution in [0.1, 0.15) is 47.5 Å². The Balaban J connectivity index is 1.47. The van der Waals surface area contributed by atoms with Gasteiger partial charge < -0.3 is 4.98 Å². The number of hydrogen-bond donors (Lipinski definition) is 1. The van der Waals surface area contributed by atoms with E-state index in [1.807, 2.05) is 27.0 Å². The van der Waals surface area contributed by atoms with Crippen molar-refractivity contribution in [1.29, 1.82) is 0 Å². The molecule has 3 heterocycles. The SMILES string of the molecule is Cc1ncc(C)c2[nH]c(CN3CC[C@@H](c4ccc(C(F)(F)F)cc4F)[C@@H](C)C3)nc12. The number of hydrogen-bond acceptors (Lipinski definition) is 3. The number of H-pyrrole nitrogens is 1. The van der Waals surface area contributed by atoms with Gasteiger partial charge in [-0.15, -0.1) is 0 Å². The number of aryl methyl sites for hydroxylation is 2. The lowest BCUT2D eigenvalue weighted by Crippen LogP contribution is -2.38. The molecule has 1 aliphatic rings. The third-order valence-corrected chi connectivity index (χ3v) is 6.03. The molecule has 8 heteroatoms.